The number of nitrogens with one attached hydrogen (secondary N) is 1. The van der Waals surface area contributed by atoms with Gasteiger partial charge in [0.2, 0.25) is 12.6 Å². The molecule has 4 rings (SSSR count). The third-order valence-electron chi connectivity index (χ3n) is 6.40. The SMILES string of the molecule is CCCc1nc(C(C)(C)O)c(C(=O)OCOC(=O)C(C)(C)C)n1Cc1ccc(-c2ccccc2-c2nn[nH]n2)cc1. The fourth-order valence-electron chi connectivity index (χ4n) is 4.32. The highest BCUT2D eigenvalue weighted by Gasteiger charge is 2.33. The molecule has 0 unspecified atom stereocenters. The van der Waals surface area contributed by atoms with Crippen LogP contribution in [0, 0.1) is 5.41 Å². The number of tetrazole rings is 1. The first-order valence-electron chi connectivity index (χ1n) is 13.5. The lowest BCUT2D eigenvalue weighted by molar-refractivity contribution is -0.161. The van der Waals surface area contributed by atoms with E-state index in [0.29, 0.717) is 24.6 Å². The van der Waals surface area contributed by atoms with Crippen LogP contribution in [0.1, 0.15) is 75.5 Å². The van der Waals surface area contributed by atoms with E-state index in [1.165, 1.54) is 0 Å². The lowest BCUT2D eigenvalue weighted by Gasteiger charge is -2.19. The summed E-state index contributed by atoms with van der Waals surface area (Å²) in [4.78, 5) is 30.2. The molecule has 0 saturated heterocycles. The van der Waals surface area contributed by atoms with Crippen LogP contribution in [0.4, 0.5) is 0 Å². The molecular weight excluding hydrogens is 524 g/mol. The summed E-state index contributed by atoms with van der Waals surface area (Å²) >= 11 is 0. The Morgan fingerprint density at radius 1 is 0.976 bits per heavy atom. The molecule has 0 aliphatic heterocycles. The Morgan fingerprint density at radius 2 is 1.66 bits per heavy atom. The van der Waals surface area contributed by atoms with Crippen molar-refractivity contribution in [1.29, 1.82) is 0 Å². The summed E-state index contributed by atoms with van der Waals surface area (Å²) in [6, 6.07) is 15.7. The first kappa shape index (κ1) is 29.6. The van der Waals surface area contributed by atoms with Crippen molar-refractivity contribution in [2.45, 2.75) is 66.5 Å². The Morgan fingerprint density at radius 3 is 2.24 bits per heavy atom. The molecule has 0 amide bonds. The quantitative estimate of drug-likeness (QED) is 0.209. The highest BCUT2D eigenvalue weighted by molar-refractivity contribution is 5.89. The van der Waals surface area contributed by atoms with E-state index in [1.54, 1.807) is 39.2 Å². The van der Waals surface area contributed by atoms with Crippen LogP contribution in [0.15, 0.2) is 48.5 Å². The minimum Gasteiger partial charge on any atom is -0.427 e. The van der Waals surface area contributed by atoms with Gasteiger partial charge in [0.25, 0.3) is 0 Å². The molecule has 2 aromatic carbocycles. The number of nitrogens with zero attached hydrogens (tertiary/aromatic N) is 5. The van der Waals surface area contributed by atoms with Crippen LogP contribution in [0.25, 0.3) is 22.5 Å². The Hall–Kier alpha value is -4.38. The van der Waals surface area contributed by atoms with Crippen molar-refractivity contribution >= 4 is 11.9 Å². The van der Waals surface area contributed by atoms with Crippen LogP contribution in [0.5, 0.6) is 0 Å². The third kappa shape index (κ3) is 6.86. The maximum absolute atomic E-state index is 13.4. The number of aryl methyl sites for hydroxylation is 1. The Bertz CT molecular complexity index is 1500. The number of hydrogen-bond donors (Lipinski definition) is 2. The summed E-state index contributed by atoms with van der Waals surface area (Å²) in [5.74, 6) is -0.0731. The van der Waals surface area contributed by atoms with E-state index in [-0.39, 0.29) is 11.4 Å². The smallest absolute Gasteiger partial charge is 0.359 e. The van der Waals surface area contributed by atoms with Crippen molar-refractivity contribution in [2.75, 3.05) is 6.79 Å². The van der Waals surface area contributed by atoms with Crippen LogP contribution in [-0.4, -0.2) is 54.0 Å². The number of ether oxygens (including phenoxy) is 2. The second kappa shape index (κ2) is 12.0. The number of carbonyl (C=O) groups excluding carboxylic acids is 2. The van der Waals surface area contributed by atoms with Gasteiger partial charge in [-0.25, -0.2) is 9.78 Å². The van der Waals surface area contributed by atoms with Crippen LogP contribution in [0.2, 0.25) is 0 Å². The zero-order chi connectivity index (χ0) is 29.8. The predicted molar refractivity (Wildman–Crippen MR) is 151 cm³/mol. The number of esters is 2. The molecule has 2 aromatic heterocycles. The molecule has 0 aliphatic carbocycles. The minimum absolute atomic E-state index is 0.124. The topological polar surface area (TPSA) is 145 Å². The zero-order valence-corrected chi connectivity index (χ0v) is 24.3. The third-order valence-corrected chi connectivity index (χ3v) is 6.40. The van der Waals surface area contributed by atoms with Crippen molar-refractivity contribution in [3.63, 3.8) is 0 Å². The number of imidazole rings is 1. The van der Waals surface area contributed by atoms with E-state index < -0.39 is 29.7 Å². The molecule has 4 aromatic rings. The molecule has 0 bridgehead atoms. The van der Waals surface area contributed by atoms with E-state index in [1.807, 2.05) is 55.5 Å². The molecule has 41 heavy (non-hydrogen) atoms. The second-order valence-corrected chi connectivity index (χ2v) is 11.3. The van der Waals surface area contributed by atoms with Gasteiger partial charge < -0.3 is 19.1 Å². The average molecular weight is 561 g/mol. The van der Waals surface area contributed by atoms with Crippen LogP contribution >= 0.6 is 0 Å². The normalized spacial score (nSPS) is 11.9. The summed E-state index contributed by atoms with van der Waals surface area (Å²) in [5.41, 5.74) is 1.86. The van der Waals surface area contributed by atoms with E-state index in [9.17, 15) is 14.7 Å². The second-order valence-electron chi connectivity index (χ2n) is 11.3. The number of benzene rings is 2. The standard InChI is InChI=1S/C30H36N6O5/c1-7-10-23-31-25(30(5,6)39)24(27(37)40-18-41-28(38)29(2,3)4)36(23)17-19-13-15-20(16-14-19)21-11-8-9-12-22(21)26-32-34-35-33-26/h8-9,11-16,39H,7,10,17-18H2,1-6H3,(H,32,33,34,35). The molecule has 0 aliphatic rings. The van der Waals surface area contributed by atoms with Gasteiger partial charge in [0.15, 0.2) is 5.69 Å². The fourth-order valence-corrected chi connectivity index (χ4v) is 4.32. The van der Waals surface area contributed by atoms with Crippen molar-refractivity contribution in [1.82, 2.24) is 30.2 Å². The predicted octanol–water partition coefficient (Wildman–Crippen LogP) is 4.66. The van der Waals surface area contributed by atoms with Crippen molar-refractivity contribution in [2.24, 2.45) is 5.41 Å². The van der Waals surface area contributed by atoms with Gasteiger partial charge in [0, 0.05) is 18.5 Å². The number of H-pyrrole nitrogens is 1. The first-order chi connectivity index (χ1) is 19.4. The number of carbonyl (C=O) groups is 2. The Balaban J connectivity index is 1.65. The minimum atomic E-state index is -1.41. The molecule has 216 valence electrons. The number of aromatic amines is 1. The van der Waals surface area contributed by atoms with Gasteiger partial charge in [-0.3, -0.25) is 4.79 Å². The van der Waals surface area contributed by atoms with E-state index in [0.717, 1.165) is 28.7 Å². The largest absolute Gasteiger partial charge is 0.427 e. The molecule has 11 nitrogen and oxygen atoms in total. The van der Waals surface area contributed by atoms with Crippen molar-refractivity contribution < 1.29 is 24.2 Å². The lowest BCUT2D eigenvalue weighted by Crippen LogP contribution is -2.27. The molecule has 0 fully saturated rings. The summed E-state index contributed by atoms with van der Waals surface area (Å²) in [6.45, 7) is 10.1. The summed E-state index contributed by atoms with van der Waals surface area (Å²) < 4.78 is 12.3. The Kier molecular flexibility index (Phi) is 8.67. The molecule has 0 radical (unpaired) electrons. The highest BCUT2D eigenvalue weighted by Crippen LogP contribution is 2.31. The highest BCUT2D eigenvalue weighted by atomic mass is 16.7. The molecule has 0 atom stereocenters. The molecule has 0 saturated carbocycles. The zero-order valence-electron chi connectivity index (χ0n) is 24.3. The maximum atomic E-state index is 13.4. The lowest BCUT2D eigenvalue weighted by atomic mass is 9.98. The molecule has 2 heterocycles. The molecule has 2 N–H and O–H groups in total. The number of aromatic nitrogens is 6. The van der Waals surface area contributed by atoms with E-state index in [2.05, 4.69) is 25.6 Å². The Labute approximate surface area is 238 Å². The summed E-state index contributed by atoms with van der Waals surface area (Å²) in [7, 11) is 0. The van der Waals surface area contributed by atoms with Gasteiger partial charge in [-0.15, -0.1) is 10.2 Å². The van der Waals surface area contributed by atoms with Crippen LogP contribution < -0.4 is 0 Å². The first-order valence-corrected chi connectivity index (χ1v) is 13.5. The van der Waals surface area contributed by atoms with Crippen molar-refractivity contribution in [3.05, 3.63) is 71.3 Å². The molecule has 11 heteroatoms. The van der Waals surface area contributed by atoms with E-state index >= 15 is 0 Å². The van der Waals surface area contributed by atoms with Gasteiger partial charge in [0.1, 0.15) is 17.1 Å². The van der Waals surface area contributed by atoms with Gasteiger partial charge in [-0.2, -0.15) is 5.21 Å². The summed E-state index contributed by atoms with van der Waals surface area (Å²) in [5, 5.41) is 25.3. The molecular formula is C30H36N6O5. The van der Waals surface area contributed by atoms with Gasteiger partial charge in [-0.1, -0.05) is 55.5 Å². The van der Waals surface area contributed by atoms with E-state index in [4.69, 9.17) is 9.47 Å². The number of hydrogen-bond acceptors (Lipinski definition) is 9. The van der Waals surface area contributed by atoms with Crippen LogP contribution in [0.3, 0.4) is 0 Å². The number of aliphatic hydroxyl groups is 1. The van der Waals surface area contributed by atoms with Crippen molar-refractivity contribution in [3.8, 4) is 22.5 Å². The van der Waals surface area contributed by atoms with Crippen LogP contribution in [-0.2, 0) is 32.8 Å². The summed E-state index contributed by atoms with van der Waals surface area (Å²) in [6.07, 6.45) is 1.37. The van der Waals surface area contributed by atoms with Gasteiger partial charge in [-0.05, 0) is 62.9 Å². The number of rotatable bonds is 10. The molecule has 0 spiro atoms. The van der Waals surface area contributed by atoms with Gasteiger partial charge in [0.05, 0.1) is 5.41 Å². The monoisotopic (exact) mass is 560 g/mol. The fraction of sp³-hybridized carbons (Fsp3) is 0.400. The van der Waals surface area contributed by atoms with Gasteiger partial charge >= 0.3 is 11.9 Å². The average Bonchev–Trinajstić information content (AvgIpc) is 3.58. The maximum Gasteiger partial charge on any atom is 0.359 e.